The summed E-state index contributed by atoms with van der Waals surface area (Å²) in [5.74, 6) is 2.72. The van der Waals surface area contributed by atoms with Gasteiger partial charge in [-0.15, -0.1) is 0 Å². The lowest BCUT2D eigenvalue weighted by Gasteiger charge is -2.43. The van der Waals surface area contributed by atoms with Crippen molar-refractivity contribution in [2.24, 2.45) is 23.7 Å². The Morgan fingerprint density at radius 3 is 1.67 bits per heavy atom. The third kappa shape index (κ3) is 7.37. The molecule has 2 aromatic carbocycles. The number of piperidine rings is 2. The second-order valence-corrected chi connectivity index (χ2v) is 17.6. The first kappa shape index (κ1) is 39.6. The lowest BCUT2D eigenvalue weighted by molar-refractivity contribution is -0.139. The zero-order valence-corrected chi connectivity index (χ0v) is 34.7. The molecule has 3 amide bonds. The van der Waals surface area contributed by atoms with E-state index in [9.17, 15) is 14.4 Å². The number of rotatable bonds is 12. The van der Waals surface area contributed by atoms with Crippen LogP contribution in [0, 0.1) is 23.7 Å². The molecule has 4 bridgehead atoms. The normalized spacial score (nSPS) is 25.3. The largest absolute Gasteiger partial charge is 0.453 e. The van der Waals surface area contributed by atoms with Gasteiger partial charge < -0.3 is 35.0 Å². The summed E-state index contributed by atoms with van der Waals surface area (Å²) in [5.41, 5.74) is 6.21. The van der Waals surface area contributed by atoms with Crippen LogP contribution in [0.4, 0.5) is 9.59 Å². The maximum absolute atomic E-state index is 13.9. The number of H-pyrrole nitrogens is 2. The van der Waals surface area contributed by atoms with Gasteiger partial charge in [-0.1, -0.05) is 76.2 Å². The van der Waals surface area contributed by atoms with E-state index in [0.29, 0.717) is 17.9 Å². The maximum Gasteiger partial charge on any atom is 0.407 e. The number of aromatic nitrogens is 4. The molecule has 4 fully saturated rings. The second kappa shape index (κ2) is 16.2. The number of nitrogens with zero attached hydrogens (tertiary/aromatic N) is 4. The average molecular weight is 791 g/mol. The van der Waals surface area contributed by atoms with Gasteiger partial charge in [-0.2, -0.15) is 0 Å². The number of aromatic amines is 2. The van der Waals surface area contributed by atoms with Crippen molar-refractivity contribution in [2.75, 3.05) is 14.2 Å². The van der Waals surface area contributed by atoms with E-state index in [1.165, 1.54) is 27.1 Å². The van der Waals surface area contributed by atoms with Crippen LogP contribution >= 0.6 is 0 Å². The number of ether oxygens (including phenoxy) is 2. The van der Waals surface area contributed by atoms with Crippen molar-refractivity contribution < 1.29 is 23.9 Å². The summed E-state index contributed by atoms with van der Waals surface area (Å²) in [7, 11) is 2.73. The van der Waals surface area contributed by atoms with Crippen molar-refractivity contribution >= 4 is 18.1 Å². The third-order valence-corrected chi connectivity index (χ3v) is 13.5. The molecule has 0 spiro atoms. The molecule has 4 aromatic rings. The fourth-order valence-corrected chi connectivity index (χ4v) is 10.7. The minimum atomic E-state index is -0.670. The number of hydrogen-bond donors (Lipinski definition) is 4. The van der Waals surface area contributed by atoms with Crippen molar-refractivity contribution in [3.63, 3.8) is 0 Å². The Labute approximate surface area is 341 Å². The van der Waals surface area contributed by atoms with E-state index in [2.05, 4.69) is 94.8 Å². The molecule has 0 radical (unpaired) electrons. The van der Waals surface area contributed by atoms with Gasteiger partial charge in [-0.25, -0.2) is 19.6 Å². The number of amides is 3. The van der Waals surface area contributed by atoms with Gasteiger partial charge >= 0.3 is 12.2 Å². The molecule has 2 saturated carbocycles. The van der Waals surface area contributed by atoms with Crippen molar-refractivity contribution in [1.82, 2.24) is 40.4 Å². The number of carbonyl (C=O) groups excluding carboxylic acids is 3. The Kier molecular flexibility index (Phi) is 11.1. The molecule has 308 valence electrons. The zero-order valence-electron chi connectivity index (χ0n) is 34.7. The van der Waals surface area contributed by atoms with Crippen LogP contribution < -0.4 is 10.6 Å². The molecule has 9 atom stereocenters. The summed E-state index contributed by atoms with van der Waals surface area (Å²) in [4.78, 5) is 59.9. The Morgan fingerprint density at radius 1 is 0.655 bits per heavy atom. The minimum absolute atomic E-state index is 0.0422. The van der Waals surface area contributed by atoms with Crippen LogP contribution in [0.5, 0.6) is 0 Å². The van der Waals surface area contributed by atoms with Gasteiger partial charge in [-0.05, 0) is 91.4 Å². The summed E-state index contributed by atoms with van der Waals surface area (Å²) in [6, 6.07) is 17.1. The quantitative estimate of drug-likeness (QED) is 0.113. The maximum atomic E-state index is 13.9. The average Bonchev–Trinajstić information content (AvgIpc) is 4.10. The molecule has 58 heavy (non-hydrogen) atoms. The summed E-state index contributed by atoms with van der Waals surface area (Å²) in [6.07, 6.45) is 9.30. The van der Waals surface area contributed by atoms with Crippen LogP contribution in [-0.4, -0.2) is 92.3 Å². The Hall–Kier alpha value is -5.17. The predicted molar refractivity (Wildman–Crippen MR) is 221 cm³/mol. The number of imidazole rings is 2. The lowest BCUT2D eigenvalue weighted by atomic mass is 9.91. The number of hydrogen-bond acceptors (Lipinski definition) is 8. The SMILES string of the molecule is COC(=O)N[C@@H](C(C)C)C(C)N1C2CC[C@@H](C2)[C@H]1c1ncc(-c2ccc(-c3ccc(-c4cnc([C@@H]5[C@H]6CC[C@H](C6)N5C(=O)[C@@H](NC(=O)OC)C(C)C)[nH]4)cc3)cc2)[nH]1. The molecule has 8 rings (SSSR count). The predicted octanol–water partition coefficient (Wildman–Crippen LogP) is 7.86. The van der Waals surface area contributed by atoms with Gasteiger partial charge in [0.2, 0.25) is 5.91 Å². The van der Waals surface area contributed by atoms with Crippen molar-refractivity contribution in [2.45, 2.75) is 115 Å². The topological polar surface area (TPSA) is 158 Å². The molecule has 2 unspecified atom stereocenters. The van der Waals surface area contributed by atoms with Crippen molar-refractivity contribution in [3.05, 3.63) is 72.6 Å². The third-order valence-electron chi connectivity index (χ3n) is 13.5. The van der Waals surface area contributed by atoms with E-state index in [4.69, 9.17) is 19.4 Å². The smallest absolute Gasteiger partial charge is 0.407 e. The first-order valence-corrected chi connectivity index (χ1v) is 21.0. The molecule has 4 aliphatic rings. The van der Waals surface area contributed by atoms with E-state index < -0.39 is 12.1 Å². The molecule has 4 heterocycles. The fraction of sp³-hybridized carbons (Fsp3) is 0.533. The minimum Gasteiger partial charge on any atom is -0.453 e. The molecule has 13 heteroatoms. The number of methoxy groups -OCH3 is 2. The van der Waals surface area contributed by atoms with Crippen LogP contribution in [0.3, 0.4) is 0 Å². The first-order chi connectivity index (χ1) is 27.9. The molecule has 2 aromatic heterocycles. The standard InChI is InChI=1S/C45H58N8O5/c1-24(2)37(50-44(55)57-6)26(5)52-33-18-16-31(20-33)39(52)41-46-22-35(48-41)29-12-8-27(9-13-29)28-10-14-30(15-11-28)36-23-47-42(49-36)40-32-17-19-34(21-32)53(40)43(54)38(25(3)4)51-45(56)58-7/h8-15,22-26,31-34,37-40H,16-21H2,1-7H3,(H,46,48)(H,47,49)(H,50,55)(H,51,56)/t26?,31-,32-,33?,34+,37-,38-,39-,40-/m0/s1. The van der Waals surface area contributed by atoms with Crippen LogP contribution in [0.15, 0.2) is 60.9 Å². The van der Waals surface area contributed by atoms with E-state index >= 15 is 0 Å². The molecule has 2 aliphatic carbocycles. The Morgan fingerprint density at radius 2 is 1.14 bits per heavy atom. The van der Waals surface area contributed by atoms with Gasteiger partial charge in [0.05, 0.1) is 50.1 Å². The Bertz CT molecular complexity index is 2090. The number of carbonyl (C=O) groups is 3. The molecule has 4 N–H and O–H groups in total. The second-order valence-electron chi connectivity index (χ2n) is 17.6. The van der Waals surface area contributed by atoms with E-state index in [-0.39, 0.29) is 54.0 Å². The Balaban J connectivity index is 0.950. The fourth-order valence-electron chi connectivity index (χ4n) is 10.7. The van der Waals surface area contributed by atoms with Gasteiger partial charge in [0.25, 0.3) is 0 Å². The number of likely N-dealkylation sites (tertiary alicyclic amines) is 2. The summed E-state index contributed by atoms with van der Waals surface area (Å²) in [5, 5.41) is 5.87. The van der Waals surface area contributed by atoms with Gasteiger partial charge in [0.15, 0.2) is 0 Å². The summed E-state index contributed by atoms with van der Waals surface area (Å²) < 4.78 is 9.80. The van der Waals surface area contributed by atoms with Gasteiger partial charge in [-0.3, -0.25) is 9.69 Å². The van der Waals surface area contributed by atoms with Crippen LogP contribution in [0.2, 0.25) is 0 Å². The van der Waals surface area contributed by atoms with Crippen LogP contribution in [-0.2, 0) is 14.3 Å². The lowest BCUT2D eigenvalue weighted by Crippen LogP contribution is -2.55. The number of fused-ring (bicyclic) bond motifs is 4. The van der Waals surface area contributed by atoms with E-state index in [1.54, 1.807) is 0 Å². The molecule has 2 saturated heterocycles. The zero-order chi connectivity index (χ0) is 40.8. The summed E-state index contributed by atoms with van der Waals surface area (Å²) in [6.45, 7) is 10.4. The number of benzene rings is 2. The van der Waals surface area contributed by atoms with Gasteiger partial charge in [0.1, 0.15) is 17.7 Å². The number of nitrogens with one attached hydrogen (secondary N) is 4. The first-order valence-electron chi connectivity index (χ1n) is 21.0. The highest BCUT2D eigenvalue weighted by Crippen LogP contribution is 2.52. The summed E-state index contributed by atoms with van der Waals surface area (Å²) >= 11 is 0. The molecular formula is C45H58N8O5. The highest BCUT2D eigenvalue weighted by molar-refractivity contribution is 5.87. The molecule has 2 aliphatic heterocycles. The highest BCUT2D eigenvalue weighted by Gasteiger charge is 2.52. The molecular weight excluding hydrogens is 733 g/mol. The highest BCUT2D eigenvalue weighted by atomic mass is 16.5. The molecule has 13 nitrogen and oxygen atoms in total. The van der Waals surface area contributed by atoms with E-state index in [1.807, 2.05) is 31.1 Å². The van der Waals surface area contributed by atoms with Gasteiger partial charge in [0, 0.05) is 24.2 Å². The number of alkyl carbamates (subject to hydrolysis) is 2. The van der Waals surface area contributed by atoms with Crippen LogP contribution in [0.1, 0.15) is 96.9 Å². The van der Waals surface area contributed by atoms with Crippen molar-refractivity contribution in [1.29, 1.82) is 0 Å². The van der Waals surface area contributed by atoms with Crippen molar-refractivity contribution in [3.8, 4) is 33.6 Å². The monoisotopic (exact) mass is 790 g/mol. The van der Waals surface area contributed by atoms with Crippen LogP contribution in [0.25, 0.3) is 33.6 Å². The van der Waals surface area contributed by atoms with E-state index in [0.717, 1.165) is 71.0 Å².